The van der Waals surface area contributed by atoms with E-state index in [-0.39, 0.29) is 0 Å². The number of hydrogen-bond acceptors (Lipinski definition) is 2. The van der Waals surface area contributed by atoms with Crippen molar-refractivity contribution >= 4 is 44.9 Å². The first-order valence-electron chi connectivity index (χ1n) is 25.8. The molecule has 346 valence electrons. The smallest absolute Gasteiger partial charge is 0.0754 e. The van der Waals surface area contributed by atoms with E-state index in [9.17, 15) is 0 Å². The SMILES string of the molecule is c1ccc(N2c3ccccc3C3(c4ccccc4)c4cc(-c5ccc(N(c6ccc7c(c6)C(c6ccccc6)(c6ccccc6)c6ccccc6-7)c6cccc7ccccc67)cc5)ccc4-c4cccc2c43)cc1. The molecule has 1 unspecified atom stereocenters. The molecule has 12 aromatic rings. The van der Waals surface area contributed by atoms with Crippen molar-refractivity contribution in [2.45, 2.75) is 10.8 Å². The highest BCUT2D eigenvalue weighted by Gasteiger charge is 2.53. The lowest BCUT2D eigenvalue weighted by atomic mass is 9.64. The maximum Gasteiger partial charge on any atom is 0.0754 e. The van der Waals surface area contributed by atoms with Crippen LogP contribution in [0.25, 0.3) is 44.2 Å². The molecule has 0 spiro atoms. The molecule has 0 fully saturated rings. The predicted octanol–water partition coefficient (Wildman–Crippen LogP) is 18.5. The standard InChI is InChI=1S/C72H48N2/c1-5-23-52(24-6-1)71(53-25-7-2-8-26-53)63-34-16-15-32-59(63)60-46-44-57(48-66(60)71)73(67-37-19-22-50-21-13-14-31-58(50)67)56-42-39-49(40-43-56)51-41-45-61-62-33-20-38-69-70(62)72(65(61)47-51,54-27-9-3-10-28-54)64-35-17-18-36-68(64)74(69)55-29-11-4-12-30-55/h1-48H. The number of rotatable bonds is 8. The Hall–Kier alpha value is -9.50. The highest BCUT2D eigenvalue weighted by atomic mass is 15.2. The van der Waals surface area contributed by atoms with Crippen molar-refractivity contribution in [3.63, 3.8) is 0 Å². The van der Waals surface area contributed by atoms with Crippen LogP contribution >= 0.6 is 0 Å². The van der Waals surface area contributed by atoms with E-state index in [1.807, 2.05) is 0 Å². The van der Waals surface area contributed by atoms with Gasteiger partial charge in [0.05, 0.1) is 27.9 Å². The van der Waals surface area contributed by atoms with Crippen molar-refractivity contribution in [3.05, 3.63) is 336 Å². The van der Waals surface area contributed by atoms with Gasteiger partial charge in [0.2, 0.25) is 0 Å². The molecule has 0 amide bonds. The first-order chi connectivity index (χ1) is 36.7. The summed E-state index contributed by atoms with van der Waals surface area (Å²) in [6.45, 7) is 0. The van der Waals surface area contributed by atoms with Gasteiger partial charge in [-0.25, -0.2) is 0 Å². The fourth-order valence-corrected chi connectivity index (χ4v) is 13.3. The summed E-state index contributed by atoms with van der Waals surface area (Å²) in [6, 6.07) is 108. The number of fused-ring (bicyclic) bond motifs is 9. The van der Waals surface area contributed by atoms with E-state index in [1.165, 1.54) is 100 Å². The van der Waals surface area contributed by atoms with Gasteiger partial charge in [0.25, 0.3) is 0 Å². The van der Waals surface area contributed by atoms with Gasteiger partial charge < -0.3 is 9.80 Å². The van der Waals surface area contributed by atoms with E-state index in [1.54, 1.807) is 0 Å². The van der Waals surface area contributed by atoms with E-state index in [2.05, 4.69) is 301 Å². The quantitative estimate of drug-likeness (QED) is 0.150. The number of para-hydroxylation sites is 2. The number of benzene rings is 12. The van der Waals surface area contributed by atoms with E-state index in [0.29, 0.717) is 0 Å². The third-order valence-corrected chi connectivity index (χ3v) is 16.3. The molecule has 12 aromatic carbocycles. The molecule has 0 bridgehead atoms. The Labute approximate surface area is 432 Å². The molecular weight excluding hydrogens is 893 g/mol. The van der Waals surface area contributed by atoms with Crippen molar-refractivity contribution in [3.8, 4) is 33.4 Å². The molecule has 0 N–H and O–H groups in total. The minimum Gasteiger partial charge on any atom is -0.310 e. The van der Waals surface area contributed by atoms with Crippen LogP contribution in [0.15, 0.2) is 291 Å². The molecule has 3 aliphatic rings. The summed E-state index contributed by atoms with van der Waals surface area (Å²) >= 11 is 0. The summed E-state index contributed by atoms with van der Waals surface area (Å²) < 4.78 is 0. The lowest BCUT2D eigenvalue weighted by molar-refractivity contribution is 0.754. The van der Waals surface area contributed by atoms with Crippen LogP contribution in [0.3, 0.4) is 0 Å². The minimum atomic E-state index is -0.534. The second-order valence-corrected chi connectivity index (χ2v) is 19.9. The van der Waals surface area contributed by atoms with Crippen LogP contribution in [0.5, 0.6) is 0 Å². The summed E-state index contributed by atoms with van der Waals surface area (Å²) in [6.07, 6.45) is 0. The fourth-order valence-electron chi connectivity index (χ4n) is 13.3. The third kappa shape index (κ3) is 5.94. The highest BCUT2D eigenvalue weighted by Crippen LogP contribution is 2.65. The van der Waals surface area contributed by atoms with Gasteiger partial charge >= 0.3 is 0 Å². The molecular formula is C72H48N2. The molecule has 1 heterocycles. The zero-order chi connectivity index (χ0) is 48.8. The van der Waals surface area contributed by atoms with Crippen molar-refractivity contribution in [2.75, 3.05) is 9.80 Å². The summed E-state index contributed by atoms with van der Waals surface area (Å²) in [4.78, 5) is 4.94. The van der Waals surface area contributed by atoms with Crippen molar-refractivity contribution < 1.29 is 0 Å². The molecule has 0 saturated heterocycles. The summed E-state index contributed by atoms with van der Waals surface area (Å²) in [7, 11) is 0. The van der Waals surface area contributed by atoms with Gasteiger partial charge in [-0.1, -0.05) is 231 Å². The van der Waals surface area contributed by atoms with E-state index >= 15 is 0 Å². The number of nitrogens with zero attached hydrogens (tertiary/aromatic N) is 2. The van der Waals surface area contributed by atoms with Gasteiger partial charge in [0.15, 0.2) is 0 Å². The highest BCUT2D eigenvalue weighted by molar-refractivity contribution is 6.02. The van der Waals surface area contributed by atoms with E-state index in [0.717, 1.165) is 22.7 Å². The normalized spacial score (nSPS) is 15.2. The molecule has 1 atom stereocenters. The first-order valence-corrected chi connectivity index (χ1v) is 25.8. The molecule has 1 aliphatic heterocycles. The zero-order valence-corrected chi connectivity index (χ0v) is 40.6. The Kier molecular flexibility index (Phi) is 9.43. The van der Waals surface area contributed by atoms with Crippen LogP contribution in [0.4, 0.5) is 34.1 Å². The third-order valence-electron chi connectivity index (χ3n) is 16.3. The predicted molar refractivity (Wildman–Crippen MR) is 307 cm³/mol. The van der Waals surface area contributed by atoms with Gasteiger partial charge in [0, 0.05) is 28.0 Å². The monoisotopic (exact) mass is 940 g/mol. The van der Waals surface area contributed by atoms with Crippen molar-refractivity contribution in [2.24, 2.45) is 0 Å². The molecule has 74 heavy (non-hydrogen) atoms. The molecule has 15 rings (SSSR count). The Balaban J connectivity index is 0.909. The van der Waals surface area contributed by atoms with Gasteiger partial charge in [-0.15, -0.1) is 0 Å². The zero-order valence-electron chi connectivity index (χ0n) is 40.6. The average Bonchev–Trinajstić information content (AvgIpc) is 3.98. The summed E-state index contributed by atoms with van der Waals surface area (Å²) in [5.41, 5.74) is 23.6. The first kappa shape index (κ1) is 42.2. The van der Waals surface area contributed by atoms with Gasteiger partial charge in [-0.3, -0.25) is 0 Å². The largest absolute Gasteiger partial charge is 0.310 e. The summed E-state index contributed by atoms with van der Waals surface area (Å²) in [5.74, 6) is 0. The van der Waals surface area contributed by atoms with Crippen LogP contribution in [0, 0.1) is 0 Å². The number of anilines is 6. The average molecular weight is 941 g/mol. The minimum absolute atomic E-state index is 0.525. The van der Waals surface area contributed by atoms with E-state index in [4.69, 9.17) is 0 Å². The fraction of sp³-hybridized carbons (Fsp3) is 0.0278. The molecule has 2 aliphatic carbocycles. The Morgan fingerprint density at radius 1 is 0.297 bits per heavy atom. The van der Waals surface area contributed by atoms with Crippen LogP contribution in [-0.4, -0.2) is 0 Å². The molecule has 0 aromatic heterocycles. The summed E-state index contributed by atoms with van der Waals surface area (Å²) in [5, 5.41) is 2.40. The number of hydrogen-bond donors (Lipinski definition) is 0. The van der Waals surface area contributed by atoms with E-state index < -0.39 is 10.8 Å². The molecule has 2 heteroatoms. The van der Waals surface area contributed by atoms with Crippen molar-refractivity contribution in [1.82, 2.24) is 0 Å². The molecule has 0 radical (unpaired) electrons. The molecule has 0 saturated carbocycles. The maximum atomic E-state index is 2.49. The second kappa shape index (κ2) is 16.5. The van der Waals surface area contributed by atoms with Crippen LogP contribution in [-0.2, 0) is 10.8 Å². The lowest BCUT2D eigenvalue weighted by Gasteiger charge is -2.44. The van der Waals surface area contributed by atoms with Gasteiger partial charge in [-0.05, 0) is 138 Å². The van der Waals surface area contributed by atoms with Crippen LogP contribution < -0.4 is 9.80 Å². The maximum absolute atomic E-state index is 2.49. The Morgan fingerprint density at radius 3 is 1.54 bits per heavy atom. The van der Waals surface area contributed by atoms with Gasteiger partial charge in [-0.2, -0.15) is 0 Å². The Bertz CT molecular complexity index is 4080. The lowest BCUT2D eigenvalue weighted by Crippen LogP contribution is -2.35. The Morgan fingerprint density at radius 2 is 0.797 bits per heavy atom. The van der Waals surface area contributed by atoms with Gasteiger partial charge in [0.1, 0.15) is 0 Å². The molecule has 2 nitrogen and oxygen atoms in total. The van der Waals surface area contributed by atoms with Crippen LogP contribution in [0.1, 0.15) is 44.5 Å². The topological polar surface area (TPSA) is 6.48 Å². The van der Waals surface area contributed by atoms with Crippen molar-refractivity contribution in [1.29, 1.82) is 0 Å². The second-order valence-electron chi connectivity index (χ2n) is 19.9. The van der Waals surface area contributed by atoms with Crippen LogP contribution in [0.2, 0.25) is 0 Å².